The third-order valence-electron chi connectivity index (χ3n) is 5.87. The van der Waals surface area contributed by atoms with Crippen LogP contribution in [0.3, 0.4) is 0 Å². The minimum atomic E-state index is -0.220. The van der Waals surface area contributed by atoms with Crippen molar-refractivity contribution >= 4 is 23.5 Å². The molecule has 7 nitrogen and oxygen atoms in total. The minimum Gasteiger partial charge on any atom is -0.497 e. The Bertz CT molecular complexity index is 1330. The molecule has 0 aliphatic carbocycles. The number of aryl methyl sites for hydroxylation is 1. The Hall–Kier alpha value is -3.91. The zero-order chi connectivity index (χ0) is 26.2. The molecule has 0 saturated heterocycles. The highest BCUT2D eigenvalue weighted by Gasteiger charge is 2.20. The number of carbonyl (C=O) groups excluding carboxylic acids is 1. The molecule has 0 radical (unpaired) electrons. The number of rotatable bonds is 10. The van der Waals surface area contributed by atoms with Crippen molar-refractivity contribution in [2.24, 2.45) is 0 Å². The number of amides is 2. The van der Waals surface area contributed by atoms with E-state index in [4.69, 9.17) is 14.5 Å². The smallest absolute Gasteiger partial charge is 0.319 e. The van der Waals surface area contributed by atoms with E-state index in [0.717, 1.165) is 57.0 Å². The molecule has 2 N–H and O–H groups in total. The van der Waals surface area contributed by atoms with Crippen LogP contribution in [-0.2, 0) is 6.54 Å². The van der Waals surface area contributed by atoms with Gasteiger partial charge in [0.1, 0.15) is 11.5 Å². The van der Waals surface area contributed by atoms with E-state index >= 15 is 0 Å². The Labute approximate surface area is 222 Å². The summed E-state index contributed by atoms with van der Waals surface area (Å²) in [6.07, 6.45) is 0. The normalized spacial score (nSPS) is 10.7. The van der Waals surface area contributed by atoms with E-state index in [1.807, 2.05) is 67.6 Å². The van der Waals surface area contributed by atoms with Gasteiger partial charge in [-0.05, 0) is 80.1 Å². The van der Waals surface area contributed by atoms with Crippen LogP contribution >= 0.6 is 11.8 Å². The Morgan fingerprint density at radius 3 is 2.19 bits per heavy atom. The van der Waals surface area contributed by atoms with Crippen molar-refractivity contribution in [3.63, 3.8) is 0 Å². The fraction of sp³-hybridized carbons (Fsp3) is 0.241. The van der Waals surface area contributed by atoms with Crippen LogP contribution in [0.2, 0.25) is 0 Å². The maximum atomic E-state index is 12.3. The van der Waals surface area contributed by atoms with Crippen LogP contribution < -0.4 is 20.1 Å². The van der Waals surface area contributed by atoms with Crippen LogP contribution in [-0.4, -0.2) is 42.1 Å². The summed E-state index contributed by atoms with van der Waals surface area (Å²) in [7, 11) is 3.32. The Morgan fingerprint density at radius 1 is 0.946 bits per heavy atom. The van der Waals surface area contributed by atoms with Crippen LogP contribution in [0.5, 0.6) is 11.5 Å². The highest BCUT2D eigenvalue weighted by molar-refractivity contribution is 7.99. The molecular weight excluding hydrogens is 484 g/mol. The van der Waals surface area contributed by atoms with Crippen molar-refractivity contribution in [1.82, 2.24) is 14.9 Å². The lowest BCUT2D eigenvalue weighted by molar-refractivity contribution is 0.252. The summed E-state index contributed by atoms with van der Waals surface area (Å²) in [5.41, 5.74) is 5.89. The second-order valence-electron chi connectivity index (χ2n) is 8.39. The lowest BCUT2D eigenvalue weighted by atomic mass is 10.0. The zero-order valence-electron chi connectivity index (χ0n) is 21.6. The predicted molar refractivity (Wildman–Crippen MR) is 151 cm³/mol. The molecule has 4 rings (SSSR count). The van der Waals surface area contributed by atoms with Gasteiger partial charge in [0.05, 0.1) is 25.6 Å². The van der Waals surface area contributed by atoms with Crippen molar-refractivity contribution in [3.05, 3.63) is 78.4 Å². The SMILES string of the molecule is CCn1c(SCCNC(=O)Nc2cccc(C)c2)nc(-c2ccc(OC)cc2)c1-c1ccc(OC)cc1. The van der Waals surface area contributed by atoms with Crippen LogP contribution in [0, 0.1) is 6.92 Å². The minimum absolute atomic E-state index is 0.220. The van der Waals surface area contributed by atoms with Gasteiger partial charge >= 0.3 is 6.03 Å². The van der Waals surface area contributed by atoms with Crippen molar-refractivity contribution in [2.45, 2.75) is 25.5 Å². The van der Waals surface area contributed by atoms with Gasteiger partial charge in [-0.3, -0.25) is 0 Å². The summed E-state index contributed by atoms with van der Waals surface area (Å²) in [6, 6.07) is 23.5. The third kappa shape index (κ3) is 6.46. The molecule has 0 aliphatic rings. The lowest BCUT2D eigenvalue weighted by Crippen LogP contribution is -2.30. The summed E-state index contributed by atoms with van der Waals surface area (Å²) in [5, 5.41) is 6.71. The monoisotopic (exact) mass is 516 g/mol. The number of nitrogens with zero attached hydrogens (tertiary/aromatic N) is 2. The van der Waals surface area contributed by atoms with E-state index in [0.29, 0.717) is 12.3 Å². The van der Waals surface area contributed by atoms with Gasteiger partial charge in [-0.15, -0.1) is 0 Å². The number of carbonyl (C=O) groups is 1. The van der Waals surface area contributed by atoms with Crippen molar-refractivity contribution in [1.29, 1.82) is 0 Å². The van der Waals surface area contributed by atoms with E-state index in [-0.39, 0.29) is 6.03 Å². The fourth-order valence-electron chi connectivity index (χ4n) is 4.03. The lowest BCUT2D eigenvalue weighted by Gasteiger charge is -2.12. The molecule has 0 atom stereocenters. The van der Waals surface area contributed by atoms with E-state index in [2.05, 4.69) is 34.3 Å². The average Bonchev–Trinajstić information content (AvgIpc) is 3.29. The fourth-order valence-corrected chi connectivity index (χ4v) is 4.95. The largest absolute Gasteiger partial charge is 0.497 e. The van der Waals surface area contributed by atoms with Gasteiger partial charge in [-0.25, -0.2) is 9.78 Å². The van der Waals surface area contributed by atoms with E-state index in [9.17, 15) is 4.79 Å². The van der Waals surface area contributed by atoms with Crippen LogP contribution in [0.15, 0.2) is 78.0 Å². The number of anilines is 1. The standard InChI is InChI=1S/C29H32N4O3S/c1-5-33-27(22-11-15-25(36-4)16-12-22)26(21-9-13-24(35-3)14-10-21)32-29(33)37-18-17-30-28(34)31-23-8-6-7-20(2)19-23/h6-16,19H,5,17-18H2,1-4H3,(H2,30,31,34). The summed E-state index contributed by atoms with van der Waals surface area (Å²) in [4.78, 5) is 17.4. The molecule has 0 spiro atoms. The Kier molecular flexibility index (Phi) is 8.74. The number of hydrogen-bond donors (Lipinski definition) is 2. The average molecular weight is 517 g/mol. The summed E-state index contributed by atoms with van der Waals surface area (Å²) in [5.74, 6) is 2.29. The van der Waals surface area contributed by atoms with E-state index in [1.54, 1.807) is 26.0 Å². The molecule has 192 valence electrons. The van der Waals surface area contributed by atoms with Gasteiger partial charge in [0.25, 0.3) is 0 Å². The molecular formula is C29H32N4O3S. The quantitative estimate of drug-likeness (QED) is 0.186. The second-order valence-corrected chi connectivity index (χ2v) is 9.45. The first-order valence-electron chi connectivity index (χ1n) is 12.2. The van der Waals surface area contributed by atoms with Gasteiger partial charge in [-0.1, -0.05) is 23.9 Å². The maximum Gasteiger partial charge on any atom is 0.319 e. The van der Waals surface area contributed by atoms with Crippen LogP contribution in [0.4, 0.5) is 10.5 Å². The molecule has 0 fully saturated rings. The number of methoxy groups -OCH3 is 2. The number of imidazole rings is 1. The predicted octanol–water partition coefficient (Wildman–Crippen LogP) is 6.48. The number of hydrogen-bond acceptors (Lipinski definition) is 5. The van der Waals surface area contributed by atoms with Gasteiger partial charge in [-0.2, -0.15) is 0 Å². The van der Waals surface area contributed by atoms with Crippen molar-refractivity contribution in [2.75, 3.05) is 31.8 Å². The first kappa shape index (κ1) is 26.2. The van der Waals surface area contributed by atoms with Crippen molar-refractivity contribution < 1.29 is 14.3 Å². The maximum absolute atomic E-state index is 12.3. The van der Waals surface area contributed by atoms with Crippen LogP contribution in [0.25, 0.3) is 22.5 Å². The summed E-state index contributed by atoms with van der Waals surface area (Å²) >= 11 is 1.62. The van der Waals surface area contributed by atoms with Gasteiger partial charge in [0.2, 0.25) is 0 Å². The molecule has 37 heavy (non-hydrogen) atoms. The number of urea groups is 1. The van der Waals surface area contributed by atoms with Gasteiger partial charge < -0.3 is 24.7 Å². The highest BCUT2D eigenvalue weighted by Crippen LogP contribution is 2.37. The highest BCUT2D eigenvalue weighted by atomic mass is 32.2. The Balaban J connectivity index is 1.53. The number of thioether (sulfide) groups is 1. The summed E-state index contributed by atoms with van der Waals surface area (Å²) in [6.45, 7) is 5.38. The topological polar surface area (TPSA) is 77.4 Å². The molecule has 0 bridgehead atoms. The van der Waals surface area contributed by atoms with Crippen LogP contribution in [0.1, 0.15) is 12.5 Å². The molecule has 0 unspecified atom stereocenters. The Morgan fingerprint density at radius 2 is 1.59 bits per heavy atom. The molecule has 1 aromatic heterocycles. The number of nitrogens with one attached hydrogen (secondary N) is 2. The second kappa shape index (κ2) is 12.4. The molecule has 0 aliphatic heterocycles. The first-order chi connectivity index (χ1) is 18.0. The van der Waals surface area contributed by atoms with E-state index in [1.165, 1.54) is 0 Å². The molecule has 0 saturated carbocycles. The van der Waals surface area contributed by atoms with Crippen molar-refractivity contribution in [3.8, 4) is 34.0 Å². The third-order valence-corrected chi connectivity index (χ3v) is 6.85. The molecule has 1 heterocycles. The number of benzene rings is 3. The molecule has 3 aromatic carbocycles. The van der Waals surface area contributed by atoms with Gasteiger partial charge in [0, 0.05) is 35.7 Å². The first-order valence-corrected chi connectivity index (χ1v) is 13.1. The molecule has 4 aromatic rings. The molecule has 8 heteroatoms. The van der Waals surface area contributed by atoms with E-state index < -0.39 is 0 Å². The number of ether oxygens (including phenoxy) is 2. The number of aromatic nitrogens is 2. The summed E-state index contributed by atoms with van der Waals surface area (Å²) < 4.78 is 12.9. The zero-order valence-corrected chi connectivity index (χ0v) is 22.4. The molecule has 2 amide bonds. The van der Waals surface area contributed by atoms with Gasteiger partial charge in [0.15, 0.2) is 5.16 Å².